The molecule has 2 aromatic heterocycles. The number of nitrogens with zero attached hydrogens (tertiary/aromatic N) is 1. The average molecular weight is 576 g/mol. The smallest absolute Gasteiger partial charge is 0.216 e. The highest BCUT2D eigenvalue weighted by Gasteiger charge is 2.28. The zero-order valence-corrected chi connectivity index (χ0v) is 25.9. The largest absolute Gasteiger partial charge is 0.455 e. The summed E-state index contributed by atoms with van der Waals surface area (Å²) in [6.45, 7) is 6.33. The molecule has 0 aliphatic heterocycles. The van der Waals surface area contributed by atoms with Crippen LogP contribution in [0.15, 0.2) is 126 Å². The molecule has 0 aliphatic carbocycles. The summed E-state index contributed by atoms with van der Waals surface area (Å²) >= 11 is 0. The van der Waals surface area contributed by atoms with E-state index in [0.717, 1.165) is 77.7 Å². The molecule has 2 heteroatoms. The molecule has 44 heavy (non-hydrogen) atoms. The third-order valence-electron chi connectivity index (χ3n) is 8.71. The van der Waals surface area contributed by atoms with Crippen LogP contribution in [0.2, 0.25) is 0 Å². The Morgan fingerprint density at radius 1 is 0.636 bits per heavy atom. The quantitative estimate of drug-likeness (QED) is 0.191. The van der Waals surface area contributed by atoms with Gasteiger partial charge < -0.3 is 4.42 Å². The number of rotatable bonds is 4. The molecule has 7 rings (SSSR count). The summed E-state index contributed by atoms with van der Waals surface area (Å²) < 4.78 is 34.7. The minimum atomic E-state index is -2.31. The Hall–Kier alpha value is -4.95. The fourth-order valence-electron chi connectivity index (χ4n) is 6.37. The summed E-state index contributed by atoms with van der Waals surface area (Å²) in [7, 11) is 2.06. The highest BCUT2D eigenvalue weighted by Crippen LogP contribution is 2.41. The van der Waals surface area contributed by atoms with Crippen molar-refractivity contribution in [2.24, 2.45) is 7.05 Å². The molecule has 0 bridgehead atoms. The number of aromatic nitrogens is 1. The van der Waals surface area contributed by atoms with E-state index in [2.05, 4.69) is 94.0 Å². The van der Waals surface area contributed by atoms with Gasteiger partial charge in [0.1, 0.15) is 18.2 Å². The van der Waals surface area contributed by atoms with E-state index in [4.69, 9.17) is 8.53 Å². The second kappa shape index (κ2) is 10.6. The van der Waals surface area contributed by atoms with Crippen molar-refractivity contribution in [3.8, 4) is 44.6 Å². The normalized spacial score (nSPS) is 13.2. The minimum Gasteiger partial charge on any atom is -0.455 e. The van der Waals surface area contributed by atoms with Gasteiger partial charge in [-0.1, -0.05) is 118 Å². The van der Waals surface area contributed by atoms with Gasteiger partial charge in [-0.15, -0.1) is 0 Å². The van der Waals surface area contributed by atoms with Crippen molar-refractivity contribution >= 4 is 21.9 Å². The van der Waals surface area contributed by atoms with Gasteiger partial charge in [0.15, 0.2) is 6.20 Å². The molecule has 0 N–H and O–H groups in total. The maximum Gasteiger partial charge on any atom is 0.216 e. The number of fused-ring (bicyclic) bond motifs is 3. The average Bonchev–Trinajstić information content (AvgIpc) is 3.42. The van der Waals surface area contributed by atoms with Crippen molar-refractivity contribution in [1.29, 1.82) is 0 Å². The summed E-state index contributed by atoms with van der Waals surface area (Å²) in [4.78, 5) is 0. The van der Waals surface area contributed by atoms with Crippen molar-refractivity contribution < 1.29 is 13.1 Å². The number of hydrogen-bond donors (Lipinski definition) is 0. The predicted molar refractivity (Wildman–Crippen MR) is 185 cm³/mol. The van der Waals surface area contributed by atoms with E-state index in [0.29, 0.717) is 5.56 Å². The van der Waals surface area contributed by atoms with Crippen LogP contribution in [-0.2, 0) is 12.5 Å². The topological polar surface area (TPSA) is 17.0 Å². The van der Waals surface area contributed by atoms with Crippen LogP contribution in [0.5, 0.6) is 0 Å². The molecule has 0 aliphatic rings. The first-order valence-electron chi connectivity index (χ1n) is 16.7. The highest BCUT2D eigenvalue weighted by atomic mass is 16.3. The summed E-state index contributed by atoms with van der Waals surface area (Å²) in [5.74, 6) is 0. The van der Waals surface area contributed by atoms with Gasteiger partial charge in [-0.3, -0.25) is 0 Å². The van der Waals surface area contributed by atoms with Gasteiger partial charge in [-0.05, 0) is 75.8 Å². The zero-order chi connectivity index (χ0) is 33.1. The number of pyridine rings is 1. The summed E-state index contributed by atoms with van der Waals surface area (Å²) in [6.07, 6.45) is 2.16. The fraction of sp³-hybridized carbons (Fsp3) is 0.167. The van der Waals surface area contributed by atoms with Crippen LogP contribution in [0.1, 0.15) is 41.6 Å². The first-order valence-corrected chi connectivity index (χ1v) is 15.2. The van der Waals surface area contributed by atoms with Gasteiger partial charge in [0.25, 0.3) is 0 Å². The second-order valence-corrected chi connectivity index (χ2v) is 12.8. The number of aryl methyl sites for hydroxylation is 3. The molecule has 0 saturated heterocycles. The lowest BCUT2D eigenvalue weighted by Gasteiger charge is -2.23. The Morgan fingerprint density at radius 3 is 1.93 bits per heavy atom. The Balaban J connectivity index is 1.48. The molecule has 0 atom stereocenters. The standard InChI is InChI=1S/C42H38NO/c1-27-17-20-35-34-22-19-32(30-15-11-8-12-16-30)24-39(34)44-41(35)40(27)38-25-36(37(26-43(38)6)42(3,4)5)33-21-18-31(23-28(33)2)29-13-9-7-10-14-29/h7-26H,1-6H3/q+1/i2D3. The van der Waals surface area contributed by atoms with E-state index in [1.165, 1.54) is 0 Å². The van der Waals surface area contributed by atoms with E-state index < -0.39 is 6.85 Å². The molecule has 0 fully saturated rings. The van der Waals surface area contributed by atoms with Crippen molar-refractivity contribution in [2.75, 3.05) is 0 Å². The molecule has 0 saturated carbocycles. The van der Waals surface area contributed by atoms with Gasteiger partial charge in [-0.25, -0.2) is 4.57 Å². The molecule has 0 radical (unpaired) electrons. The summed E-state index contributed by atoms with van der Waals surface area (Å²) in [5, 5.41) is 2.12. The van der Waals surface area contributed by atoms with Crippen LogP contribution in [0.3, 0.4) is 0 Å². The molecule has 216 valence electrons. The Bertz CT molecular complexity index is 2270. The minimum absolute atomic E-state index is 0.246. The van der Waals surface area contributed by atoms with Crippen molar-refractivity contribution in [2.45, 2.75) is 40.0 Å². The van der Waals surface area contributed by atoms with Crippen LogP contribution < -0.4 is 4.57 Å². The number of furan rings is 1. The SMILES string of the molecule is [2H]C([2H])([2H])c1cc(-c2ccccc2)ccc1-c1cc(-c2c(C)ccc3c2oc2cc(-c4ccccc4)ccc23)[n+](C)cc1C(C)(C)C. The summed E-state index contributed by atoms with van der Waals surface area (Å²) in [6, 6.07) is 39.0. The lowest BCUT2D eigenvalue weighted by molar-refractivity contribution is -0.660. The monoisotopic (exact) mass is 575 g/mol. The van der Waals surface area contributed by atoms with Crippen molar-refractivity contribution in [3.05, 3.63) is 138 Å². The molecular weight excluding hydrogens is 534 g/mol. The third-order valence-corrected chi connectivity index (χ3v) is 8.71. The molecule has 0 amide bonds. The first kappa shape index (κ1) is 24.5. The molecule has 0 unspecified atom stereocenters. The van der Waals surface area contributed by atoms with Gasteiger partial charge >= 0.3 is 0 Å². The van der Waals surface area contributed by atoms with E-state index in [1.54, 1.807) is 0 Å². The predicted octanol–water partition coefficient (Wildman–Crippen LogP) is 11.0. The molecule has 7 aromatic rings. The lowest BCUT2D eigenvalue weighted by Crippen LogP contribution is -2.34. The molecule has 2 heterocycles. The Kier molecular flexibility index (Phi) is 5.92. The molecule has 0 spiro atoms. The van der Waals surface area contributed by atoms with Crippen molar-refractivity contribution in [1.82, 2.24) is 0 Å². The van der Waals surface area contributed by atoms with Crippen LogP contribution in [-0.4, -0.2) is 0 Å². The molecule has 2 nitrogen and oxygen atoms in total. The Morgan fingerprint density at radius 2 is 1.27 bits per heavy atom. The van der Waals surface area contributed by atoms with Crippen LogP contribution in [0.4, 0.5) is 0 Å². The van der Waals surface area contributed by atoms with Crippen LogP contribution >= 0.6 is 0 Å². The van der Waals surface area contributed by atoms with E-state index in [-0.39, 0.29) is 5.41 Å². The zero-order valence-electron chi connectivity index (χ0n) is 28.9. The van der Waals surface area contributed by atoms with Gasteiger partial charge in [0, 0.05) is 26.5 Å². The highest BCUT2D eigenvalue weighted by molar-refractivity contribution is 6.10. The summed E-state index contributed by atoms with van der Waals surface area (Å²) in [5.41, 5.74) is 11.6. The lowest BCUT2D eigenvalue weighted by atomic mass is 9.81. The van der Waals surface area contributed by atoms with Crippen LogP contribution in [0.25, 0.3) is 66.6 Å². The Labute approximate surface area is 264 Å². The van der Waals surface area contributed by atoms with Crippen molar-refractivity contribution in [3.63, 3.8) is 0 Å². The molecular formula is C42H38NO+. The van der Waals surface area contributed by atoms with E-state index >= 15 is 0 Å². The third kappa shape index (κ3) is 4.81. The van der Waals surface area contributed by atoms with Crippen LogP contribution in [0, 0.1) is 13.8 Å². The fourth-order valence-corrected chi connectivity index (χ4v) is 6.37. The van der Waals surface area contributed by atoms with Gasteiger partial charge in [0.2, 0.25) is 5.69 Å². The van der Waals surface area contributed by atoms with E-state index in [9.17, 15) is 0 Å². The van der Waals surface area contributed by atoms with Gasteiger partial charge in [-0.2, -0.15) is 0 Å². The number of hydrogen-bond acceptors (Lipinski definition) is 1. The maximum atomic E-state index is 8.61. The maximum absolute atomic E-state index is 8.61. The molecule has 5 aromatic carbocycles. The number of benzene rings is 5. The first-order chi connectivity index (χ1) is 22.4. The van der Waals surface area contributed by atoms with E-state index in [1.807, 2.05) is 66.7 Å². The second-order valence-electron chi connectivity index (χ2n) is 12.8. The van der Waals surface area contributed by atoms with Gasteiger partial charge in [0.05, 0.1) is 5.56 Å².